The number of rotatable bonds is 7. The Morgan fingerprint density at radius 2 is 1.85 bits per heavy atom. The number of alkyl halides is 3. The van der Waals surface area contributed by atoms with Crippen molar-refractivity contribution in [3.8, 4) is 0 Å². The van der Waals surface area contributed by atoms with Crippen molar-refractivity contribution in [2.45, 2.75) is 52.2 Å². The van der Waals surface area contributed by atoms with Crippen LogP contribution in [0.4, 0.5) is 13.6 Å². The van der Waals surface area contributed by atoms with Gasteiger partial charge in [0, 0.05) is 11.9 Å². The normalized spacial score (nSPS) is 15.1. The molecule has 0 saturated carbocycles. The third-order valence-electron chi connectivity index (χ3n) is 2.40. The summed E-state index contributed by atoms with van der Waals surface area (Å²) in [6, 6.07) is 0. The van der Waals surface area contributed by atoms with Gasteiger partial charge in [-0.3, -0.25) is 0 Å². The molecule has 0 aliphatic carbocycles. The van der Waals surface area contributed by atoms with Crippen LogP contribution in [0.25, 0.3) is 0 Å². The summed E-state index contributed by atoms with van der Waals surface area (Å²) in [6.07, 6.45) is -3.02. The first-order valence-electron chi connectivity index (χ1n) is 6.49. The molecule has 0 aromatic rings. The minimum atomic E-state index is -2.54. The lowest BCUT2D eigenvalue weighted by Crippen LogP contribution is -2.48. The van der Waals surface area contributed by atoms with Crippen molar-refractivity contribution in [2.24, 2.45) is 0 Å². The lowest BCUT2D eigenvalue weighted by Gasteiger charge is -2.34. The molecular formula is C13H24BrF2NO3. The fourth-order valence-electron chi connectivity index (χ4n) is 1.43. The number of hydrogen-bond donors (Lipinski definition) is 0. The van der Waals surface area contributed by atoms with Crippen molar-refractivity contribution >= 4 is 22.0 Å². The second-order valence-corrected chi connectivity index (χ2v) is 6.34. The predicted molar refractivity (Wildman–Crippen MR) is 77.6 cm³/mol. The molecule has 0 aliphatic heterocycles. The molecule has 0 bridgehead atoms. The van der Waals surface area contributed by atoms with Crippen molar-refractivity contribution in [1.29, 1.82) is 0 Å². The van der Waals surface area contributed by atoms with E-state index in [0.717, 1.165) is 0 Å². The largest absolute Gasteiger partial charge is 0.444 e. The molecule has 1 unspecified atom stereocenters. The van der Waals surface area contributed by atoms with Gasteiger partial charge < -0.3 is 14.4 Å². The number of amides is 1. The van der Waals surface area contributed by atoms with Crippen LogP contribution >= 0.6 is 15.9 Å². The van der Waals surface area contributed by atoms with E-state index < -0.39 is 30.3 Å². The molecule has 0 aromatic heterocycles. The molecule has 1 atom stereocenters. The standard InChI is InChI=1S/C13H24BrF2NO3/c1-6-17(11(18)20-12(2,3)4)9-13(5,8-14)19-7-10(15)16/h10H,6-9H2,1-5H3. The van der Waals surface area contributed by atoms with Gasteiger partial charge >= 0.3 is 6.09 Å². The van der Waals surface area contributed by atoms with Gasteiger partial charge in [0.15, 0.2) is 0 Å². The zero-order valence-corrected chi connectivity index (χ0v) is 14.3. The van der Waals surface area contributed by atoms with Crippen LogP contribution in [0.3, 0.4) is 0 Å². The van der Waals surface area contributed by atoms with E-state index in [1.165, 1.54) is 4.90 Å². The molecule has 4 nitrogen and oxygen atoms in total. The predicted octanol–water partition coefficient (Wildman–Crippen LogP) is 3.68. The van der Waals surface area contributed by atoms with E-state index in [0.29, 0.717) is 11.9 Å². The molecule has 0 heterocycles. The third-order valence-corrected chi connectivity index (χ3v) is 3.59. The second kappa shape index (κ2) is 8.12. The maximum absolute atomic E-state index is 12.3. The lowest BCUT2D eigenvalue weighted by atomic mass is 10.1. The Balaban J connectivity index is 4.69. The molecule has 0 saturated heterocycles. The Morgan fingerprint density at radius 1 is 1.30 bits per heavy atom. The maximum atomic E-state index is 12.3. The zero-order valence-electron chi connectivity index (χ0n) is 12.7. The fourth-order valence-corrected chi connectivity index (χ4v) is 1.77. The fraction of sp³-hybridized carbons (Fsp3) is 0.923. The Hall–Kier alpha value is -0.430. The van der Waals surface area contributed by atoms with E-state index in [-0.39, 0.29) is 6.54 Å². The molecule has 7 heteroatoms. The van der Waals surface area contributed by atoms with Crippen molar-refractivity contribution in [3.63, 3.8) is 0 Å². The van der Waals surface area contributed by atoms with Crippen molar-refractivity contribution in [3.05, 3.63) is 0 Å². The van der Waals surface area contributed by atoms with E-state index in [4.69, 9.17) is 9.47 Å². The number of halogens is 3. The highest BCUT2D eigenvalue weighted by Gasteiger charge is 2.31. The number of likely N-dealkylation sites (N-methyl/N-ethyl adjacent to an activating group) is 1. The van der Waals surface area contributed by atoms with Crippen LogP contribution in [0.2, 0.25) is 0 Å². The highest BCUT2D eigenvalue weighted by atomic mass is 79.9. The van der Waals surface area contributed by atoms with E-state index in [1.54, 1.807) is 34.6 Å². The molecular weight excluding hydrogens is 336 g/mol. The summed E-state index contributed by atoms with van der Waals surface area (Å²) in [4.78, 5) is 13.4. The van der Waals surface area contributed by atoms with Crippen molar-refractivity contribution in [2.75, 3.05) is 25.0 Å². The number of carbonyl (C=O) groups is 1. The monoisotopic (exact) mass is 359 g/mol. The number of ether oxygens (including phenoxy) is 2. The van der Waals surface area contributed by atoms with Gasteiger partial charge in [-0.25, -0.2) is 13.6 Å². The molecule has 0 aromatic carbocycles. The van der Waals surface area contributed by atoms with Crippen LogP contribution in [-0.4, -0.2) is 53.6 Å². The summed E-state index contributed by atoms with van der Waals surface area (Å²) >= 11 is 3.24. The van der Waals surface area contributed by atoms with Gasteiger partial charge in [-0.05, 0) is 34.6 Å². The first-order valence-corrected chi connectivity index (χ1v) is 7.61. The van der Waals surface area contributed by atoms with Gasteiger partial charge in [-0.2, -0.15) is 0 Å². The molecule has 0 N–H and O–H groups in total. The molecule has 0 fully saturated rings. The minimum absolute atomic E-state index is 0.177. The molecule has 0 spiro atoms. The SMILES string of the molecule is CCN(CC(C)(CBr)OCC(F)F)C(=O)OC(C)(C)C. The van der Waals surface area contributed by atoms with Crippen LogP contribution in [0.15, 0.2) is 0 Å². The topological polar surface area (TPSA) is 38.8 Å². The van der Waals surface area contributed by atoms with Gasteiger partial charge in [0.05, 0.1) is 12.1 Å². The van der Waals surface area contributed by atoms with Gasteiger partial charge in [0.25, 0.3) is 6.43 Å². The highest BCUT2D eigenvalue weighted by Crippen LogP contribution is 2.19. The first kappa shape index (κ1) is 19.6. The van der Waals surface area contributed by atoms with E-state index in [2.05, 4.69) is 15.9 Å². The van der Waals surface area contributed by atoms with Gasteiger partial charge in [-0.15, -0.1) is 0 Å². The van der Waals surface area contributed by atoms with Crippen LogP contribution in [-0.2, 0) is 9.47 Å². The smallest absolute Gasteiger partial charge is 0.410 e. The Labute approximate surface area is 127 Å². The molecule has 20 heavy (non-hydrogen) atoms. The van der Waals surface area contributed by atoms with Crippen molar-refractivity contribution < 1.29 is 23.0 Å². The molecule has 1 amide bonds. The second-order valence-electron chi connectivity index (χ2n) is 5.78. The number of carbonyl (C=O) groups excluding carboxylic acids is 1. The lowest BCUT2D eigenvalue weighted by molar-refractivity contribution is -0.0803. The average molecular weight is 360 g/mol. The van der Waals surface area contributed by atoms with Crippen LogP contribution < -0.4 is 0 Å². The maximum Gasteiger partial charge on any atom is 0.410 e. The molecule has 0 radical (unpaired) electrons. The number of hydrogen-bond acceptors (Lipinski definition) is 3. The summed E-state index contributed by atoms with van der Waals surface area (Å²) in [7, 11) is 0. The van der Waals surface area contributed by atoms with E-state index >= 15 is 0 Å². The van der Waals surface area contributed by atoms with Crippen LogP contribution in [0, 0.1) is 0 Å². The quantitative estimate of drug-likeness (QED) is 0.650. The highest BCUT2D eigenvalue weighted by molar-refractivity contribution is 9.09. The minimum Gasteiger partial charge on any atom is -0.444 e. The molecule has 0 rings (SSSR count). The summed E-state index contributed by atoms with van der Waals surface area (Å²) in [5.41, 5.74) is -1.48. The molecule has 0 aliphatic rings. The van der Waals surface area contributed by atoms with E-state index in [1.807, 2.05) is 0 Å². The Morgan fingerprint density at radius 3 is 2.20 bits per heavy atom. The van der Waals surface area contributed by atoms with E-state index in [9.17, 15) is 13.6 Å². The first-order chi connectivity index (χ1) is 9.03. The zero-order chi connectivity index (χ0) is 16.0. The Bertz CT molecular complexity index is 310. The average Bonchev–Trinajstić information content (AvgIpc) is 2.31. The van der Waals surface area contributed by atoms with Crippen LogP contribution in [0.1, 0.15) is 34.6 Å². The summed E-state index contributed by atoms with van der Waals surface area (Å²) in [5.74, 6) is 0. The van der Waals surface area contributed by atoms with Crippen LogP contribution in [0.5, 0.6) is 0 Å². The molecule has 120 valence electrons. The van der Waals surface area contributed by atoms with Gasteiger partial charge in [0.1, 0.15) is 12.2 Å². The van der Waals surface area contributed by atoms with Gasteiger partial charge in [-0.1, -0.05) is 15.9 Å². The third kappa shape index (κ3) is 7.99. The summed E-state index contributed by atoms with van der Waals surface area (Å²) in [5, 5.41) is 0.339. The number of nitrogens with zero attached hydrogens (tertiary/aromatic N) is 1. The summed E-state index contributed by atoms with van der Waals surface area (Å²) < 4.78 is 35.0. The summed E-state index contributed by atoms with van der Waals surface area (Å²) in [6.45, 7) is 8.73. The Kier molecular flexibility index (Phi) is 7.95. The van der Waals surface area contributed by atoms with Gasteiger partial charge in [0.2, 0.25) is 0 Å². The van der Waals surface area contributed by atoms with Crippen molar-refractivity contribution in [1.82, 2.24) is 4.90 Å².